The molecule has 1 aliphatic rings. The maximum absolute atomic E-state index is 5.97. The van der Waals surface area contributed by atoms with Gasteiger partial charge in [0.1, 0.15) is 5.76 Å². The molecular formula is C8H10BrNO. The second-order valence-electron chi connectivity index (χ2n) is 3.22. The first-order chi connectivity index (χ1) is 5.12. The first-order valence-electron chi connectivity index (χ1n) is 3.67. The summed E-state index contributed by atoms with van der Waals surface area (Å²) in [5.41, 5.74) is 6.97. The molecule has 0 unspecified atom stereocenters. The molecule has 1 saturated carbocycles. The van der Waals surface area contributed by atoms with Gasteiger partial charge in [-0.25, -0.2) is 0 Å². The lowest BCUT2D eigenvalue weighted by molar-refractivity contribution is 0.438. The van der Waals surface area contributed by atoms with Gasteiger partial charge in [-0.3, -0.25) is 0 Å². The van der Waals surface area contributed by atoms with E-state index >= 15 is 0 Å². The average molecular weight is 216 g/mol. The molecule has 0 spiro atoms. The summed E-state index contributed by atoms with van der Waals surface area (Å²) in [5, 5.41) is 0. The van der Waals surface area contributed by atoms with Crippen LogP contribution in [0.25, 0.3) is 0 Å². The molecule has 2 N–H and O–H groups in total. The van der Waals surface area contributed by atoms with E-state index in [0.29, 0.717) is 0 Å². The van der Waals surface area contributed by atoms with Crippen LogP contribution < -0.4 is 5.73 Å². The number of rotatable bonds is 1. The fraction of sp³-hybridized carbons (Fsp3) is 0.500. The number of hydrogen-bond acceptors (Lipinski definition) is 2. The van der Waals surface area contributed by atoms with Gasteiger partial charge in [-0.1, -0.05) is 0 Å². The molecular weight excluding hydrogens is 206 g/mol. The van der Waals surface area contributed by atoms with Gasteiger partial charge in [0.2, 0.25) is 0 Å². The Bertz CT molecular complexity index is 288. The SMILES string of the molecule is Cc1cc(Br)oc1C1(N)CC1. The number of halogens is 1. The van der Waals surface area contributed by atoms with Crippen LogP contribution in [0.4, 0.5) is 0 Å². The lowest BCUT2D eigenvalue weighted by atomic mass is 10.1. The minimum atomic E-state index is -0.143. The van der Waals surface area contributed by atoms with Gasteiger partial charge in [0, 0.05) is 0 Å². The highest BCUT2D eigenvalue weighted by molar-refractivity contribution is 9.10. The Kier molecular flexibility index (Phi) is 1.41. The van der Waals surface area contributed by atoms with E-state index in [-0.39, 0.29) is 5.54 Å². The fourth-order valence-electron chi connectivity index (χ4n) is 1.30. The van der Waals surface area contributed by atoms with Gasteiger partial charge in [-0.05, 0) is 47.3 Å². The van der Waals surface area contributed by atoms with E-state index in [1.807, 2.05) is 13.0 Å². The first-order valence-corrected chi connectivity index (χ1v) is 4.46. The summed E-state index contributed by atoms with van der Waals surface area (Å²) in [4.78, 5) is 0. The number of aryl methyl sites for hydroxylation is 1. The molecule has 2 nitrogen and oxygen atoms in total. The van der Waals surface area contributed by atoms with Gasteiger partial charge in [0.25, 0.3) is 0 Å². The van der Waals surface area contributed by atoms with E-state index in [1.54, 1.807) is 0 Å². The number of hydrogen-bond donors (Lipinski definition) is 1. The van der Waals surface area contributed by atoms with Crippen LogP contribution in [0.3, 0.4) is 0 Å². The molecule has 0 saturated heterocycles. The largest absolute Gasteiger partial charge is 0.452 e. The number of nitrogens with two attached hydrogens (primary N) is 1. The molecule has 0 radical (unpaired) electrons. The van der Waals surface area contributed by atoms with Crippen LogP contribution in [-0.2, 0) is 5.54 Å². The third-order valence-electron chi connectivity index (χ3n) is 2.13. The predicted octanol–water partition coefficient (Wildman–Crippen LogP) is 2.30. The zero-order valence-corrected chi connectivity index (χ0v) is 7.94. The van der Waals surface area contributed by atoms with E-state index < -0.39 is 0 Å². The van der Waals surface area contributed by atoms with Crippen molar-refractivity contribution < 1.29 is 4.42 Å². The Labute approximate surface area is 73.9 Å². The third-order valence-corrected chi connectivity index (χ3v) is 2.52. The summed E-state index contributed by atoms with van der Waals surface area (Å²) < 4.78 is 6.21. The van der Waals surface area contributed by atoms with Crippen molar-refractivity contribution in [1.82, 2.24) is 0 Å². The van der Waals surface area contributed by atoms with Crippen molar-refractivity contribution in [2.75, 3.05) is 0 Å². The zero-order chi connectivity index (χ0) is 8.06. The molecule has 0 amide bonds. The molecule has 0 aliphatic heterocycles. The normalized spacial score (nSPS) is 20.3. The number of furan rings is 1. The molecule has 2 rings (SSSR count). The highest BCUT2D eigenvalue weighted by Crippen LogP contribution is 2.45. The molecule has 1 heterocycles. The minimum Gasteiger partial charge on any atom is -0.452 e. The lowest BCUT2D eigenvalue weighted by Gasteiger charge is -2.04. The quantitative estimate of drug-likeness (QED) is 0.782. The van der Waals surface area contributed by atoms with Crippen LogP contribution in [0.1, 0.15) is 24.2 Å². The van der Waals surface area contributed by atoms with E-state index in [9.17, 15) is 0 Å². The summed E-state index contributed by atoms with van der Waals surface area (Å²) in [6.45, 7) is 2.02. The van der Waals surface area contributed by atoms with Crippen LogP contribution in [0.15, 0.2) is 15.2 Å². The Morgan fingerprint density at radius 2 is 2.27 bits per heavy atom. The van der Waals surface area contributed by atoms with Gasteiger partial charge >= 0.3 is 0 Å². The summed E-state index contributed by atoms with van der Waals surface area (Å²) in [6, 6.07) is 1.96. The van der Waals surface area contributed by atoms with Crippen LogP contribution >= 0.6 is 15.9 Å². The van der Waals surface area contributed by atoms with Gasteiger partial charge in [-0.15, -0.1) is 0 Å². The van der Waals surface area contributed by atoms with Crippen molar-refractivity contribution in [1.29, 1.82) is 0 Å². The van der Waals surface area contributed by atoms with Gasteiger partial charge in [0.05, 0.1) is 5.54 Å². The molecule has 60 valence electrons. The summed E-state index contributed by atoms with van der Waals surface area (Å²) in [6.07, 6.45) is 2.10. The smallest absolute Gasteiger partial charge is 0.169 e. The molecule has 3 heteroatoms. The zero-order valence-electron chi connectivity index (χ0n) is 6.36. The maximum Gasteiger partial charge on any atom is 0.169 e. The van der Waals surface area contributed by atoms with E-state index in [1.165, 1.54) is 0 Å². The molecule has 0 bridgehead atoms. The second kappa shape index (κ2) is 2.11. The fourth-order valence-corrected chi connectivity index (χ4v) is 1.80. The highest BCUT2D eigenvalue weighted by Gasteiger charge is 2.44. The Morgan fingerprint density at radius 1 is 1.64 bits per heavy atom. The summed E-state index contributed by atoms with van der Waals surface area (Å²) in [5.74, 6) is 0.948. The van der Waals surface area contributed by atoms with Crippen molar-refractivity contribution in [3.63, 3.8) is 0 Å². The van der Waals surface area contributed by atoms with E-state index in [2.05, 4.69) is 15.9 Å². The standard InChI is InChI=1S/C8H10BrNO/c1-5-4-6(9)11-7(5)8(10)2-3-8/h4H,2-3,10H2,1H3. The Morgan fingerprint density at radius 3 is 2.64 bits per heavy atom. The van der Waals surface area contributed by atoms with E-state index in [0.717, 1.165) is 28.8 Å². The van der Waals surface area contributed by atoms with Crippen molar-refractivity contribution >= 4 is 15.9 Å². The molecule has 1 aromatic rings. The summed E-state index contributed by atoms with van der Waals surface area (Å²) in [7, 11) is 0. The van der Waals surface area contributed by atoms with E-state index in [4.69, 9.17) is 10.2 Å². The highest BCUT2D eigenvalue weighted by atomic mass is 79.9. The Balaban J connectivity index is 2.44. The second-order valence-corrected chi connectivity index (χ2v) is 4.00. The van der Waals surface area contributed by atoms with Crippen LogP contribution in [0.2, 0.25) is 0 Å². The summed E-state index contributed by atoms with van der Waals surface area (Å²) >= 11 is 3.28. The van der Waals surface area contributed by atoms with Crippen LogP contribution in [-0.4, -0.2) is 0 Å². The van der Waals surface area contributed by atoms with Crippen LogP contribution in [0.5, 0.6) is 0 Å². The lowest BCUT2D eigenvalue weighted by Crippen LogP contribution is -2.18. The maximum atomic E-state index is 5.97. The molecule has 0 aromatic carbocycles. The molecule has 0 atom stereocenters. The van der Waals surface area contributed by atoms with Crippen LogP contribution in [0, 0.1) is 6.92 Å². The van der Waals surface area contributed by atoms with Gasteiger partial charge in [-0.2, -0.15) is 0 Å². The molecule has 1 fully saturated rings. The average Bonchev–Trinajstić information content (AvgIpc) is 2.55. The topological polar surface area (TPSA) is 39.2 Å². The monoisotopic (exact) mass is 215 g/mol. The van der Waals surface area contributed by atoms with Crippen molar-refractivity contribution in [3.8, 4) is 0 Å². The third kappa shape index (κ3) is 1.12. The van der Waals surface area contributed by atoms with Crippen molar-refractivity contribution in [2.24, 2.45) is 5.73 Å². The molecule has 1 aromatic heterocycles. The predicted molar refractivity (Wildman–Crippen MR) is 46.2 cm³/mol. The first kappa shape index (κ1) is 7.37. The van der Waals surface area contributed by atoms with Crippen molar-refractivity contribution in [3.05, 3.63) is 22.1 Å². The van der Waals surface area contributed by atoms with Crippen molar-refractivity contribution in [2.45, 2.75) is 25.3 Å². The van der Waals surface area contributed by atoms with Gasteiger partial charge < -0.3 is 10.2 Å². The minimum absolute atomic E-state index is 0.143. The molecule has 11 heavy (non-hydrogen) atoms. The van der Waals surface area contributed by atoms with Gasteiger partial charge in [0.15, 0.2) is 4.67 Å². The Hall–Kier alpha value is -0.280. The molecule has 1 aliphatic carbocycles.